The van der Waals surface area contributed by atoms with Crippen LogP contribution in [0.3, 0.4) is 0 Å². The van der Waals surface area contributed by atoms with Crippen molar-refractivity contribution in [2.45, 2.75) is 12.5 Å². The van der Waals surface area contributed by atoms with Crippen LogP contribution in [0.2, 0.25) is 0 Å². The van der Waals surface area contributed by atoms with Gasteiger partial charge in [-0.1, -0.05) is 30.4 Å². The van der Waals surface area contributed by atoms with Crippen LogP contribution < -0.4 is 5.32 Å². The Morgan fingerprint density at radius 3 is 2.81 bits per heavy atom. The van der Waals surface area contributed by atoms with E-state index in [4.69, 9.17) is 0 Å². The molecule has 0 bridgehead atoms. The summed E-state index contributed by atoms with van der Waals surface area (Å²) in [6, 6.07) is 12.0. The molecule has 21 heavy (non-hydrogen) atoms. The number of rotatable bonds is 4. The molecule has 1 aliphatic rings. The van der Waals surface area contributed by atoms with Gasteiger partial charge in [0.2, 0.25) is 0 Å². The lowest BCUT2D eigenvalue weighted by Crippen LogP contribution is -2.19. The summed E-state index contributed by atoms with van der Waals surface area (Å²) >= 11 is 0. The van der Waals surface area contributed by atoms with Gasteiger partial charge in [-0.25, -0.2) is 4.68 Å². The summed E-state index contributed by atoms with van der Waals surface area (Å²) in [4.78, 5) is 0. The minimum absolute atomic E-state index is 0.105. The maximum Gasteiger partial charge on any atom is 0.148 e. The smallest absolute Gasteiger partial charge is 0.148 e. The lowest BCUT2D eigenvalue weighted by molar-refractivity contribution is 0.250. The van der Waals surface area contributed by atoms with Gasteiger partial charge in [0.1, 0.15) is 17.5 Å². The summed E-state index contributed by atoms with van der Waals surface area (Å²) in [6.07, 6.45) is 6.43. The van der Waals surface area contributed by atoms with E-state index in [2.05, 4.69) is 16.5 Å². The molecule has 1 heterocycles. The summed E-state index contributed by atoms with van der Waals surface area (Å²) in [5, 5.41) is 26.1. The molecule has 5 nitrogen and oxygen atoms in total. The summed E-state index contributed by atoms with van der Waals surface area (Å²) in [6.45, 7) is 0.151. The number of anilines is 1. The Balaban J connectivity index is 1.89. The largest absolute Gasteiger partial charge is 0.396 e. The van der Waals surface area contributed by atoms with Crippen LogP contribution in [0.4, 0.5) is 5.82 Å². The Bertz CT molecular complexity index is 684. The Morgan fingerprint density at radius 1 is 1.33 bits per heavy atom. The van der Waals surface area contributed by atoms with E-state index in [1.54, 1.807) is 10.9 Å². The van der Waals surface area contributed by atoms with Gasteiger partial charge in [-0.15, -0.1) is 0 Å². The van der Waals surface area contributed by atoms with Gasteiger partial charge in [0.25, 0.3) is 0 Å². The number of hydrogen-bond acceptors (Lipinski definition) is 4. The Morgan fingerprint density at radius 2 is 2.14 bits per heavy atom. The first kappa shape index (κ1) is 13.4. The van der Waals surface area contributed by atoms with Crippen LogP contribution in [-0.4, -0.2) is 27.5 Å². The average molecular weight is 280 g/mol. The molecule has 0 unspecified atom stereocenters. The first-order chi connectivity index (χ1) is 10.3. The highest BCUT2D eigenvalue weighted by Crippen LogP contribution is 2.25. The third-order valence-electron chi connectivity index (χ3n) is 3.62. The van der Waals surface area contributed by atoms with E-state index in [0.717, 1.165) is 12.1 Å². The number of aliphatic hydroxyl groups is 1. The highest BCUT2D eigenvalue weighted by atomic mass is 16.3. The van der Waals surface area contributed by atoms with Gasteiger partial charge >= 0.3 is 0 Å². The van der Waals surface area contributed by atoms with Gasteiger partial charge in [-0.3, -0.25) is 0 Å². The third kappa shape index (κ3) is 2.67. The highest BCUT2D eigenvalue weighted by molar-refractivity contribution is 5.57. The summed E-state index contributed by atoms with van der Waals surface area (Å²) in [5.74, 6) is 0.873. The van der Waals surface area contributed by atoms with Crippen molar-refractivity contribution in [1.29, 1.82) is 5.26 Å². The number of nitrogens with zero attached hydrogens (tertiary/aromatic N) is 3. The van der Waals surface area contributed by atoms with Gasteiger partial charge in [-0.05, 0) is 18.6 Å². The molecule has 0 radical (unpaired) electrons. The predicted octanol–water partition coefficient (Wildman–Crippen LogP) is 2.09. The van der Waals surface area contributed by atoms with Crippen molar-refractivity contribution in [3.8, 4) is 11.8 Å². The van der Waals surface area contributed by atoms with E-state index < -0.39 is 0 Å². The zero-order valence-electron chi connectivity index (χ0n) is 11.5. The Kier molecular flexibility index (Phi) is 3.71. The summed E-state index contributed by atoms with van der Waals surface area (Å²) in [5.41, 5.74) is 1.42. The average Bonchev–Trinajstić information content (AvgIpc) is 3.15. The normalized spacial score (nSPS) is 20.4. The van der Waals surface area contributed by atoms with Crippen molar-refractivity contribution >= 4 is 5.82 Å². The second kappa shape index (κ2) is 5.81. The molecule has 0 amide bonds. The molecule has 2 atom stereocenters. The van der Waals surface area contributed by atoms with Crippen molar-refractivity contribution in [2.75, 3.05) is 11.9 Å². The predicted molar refractivity (Wildman–Crippen MR) is 80.0 cm³/mol. The van der Waals surface area contributed by atoms with Crippen molar-refractivity contribution in [3.05, 3.63) is 54.2 Å². The summed E-state index contributed by atoms with van der Waals surface area (Å²) in [7, 11) is 0. The molecule has 0 saturated heterocycles. The first-order valence-corrected chi connectivity index (χ1v) is 6.91. The standard InChI is InChI=1S/C16H16N4O/c17-9-13-10-18-20(15-4-2-1-3-5-15)16(13)19-14-7-6-12(8-14)11-21/h1-7,10,12,14,19,21H,8,11H2/t12-,14+/m0/s1. The Labute approximate surface area is 123 Å². The van der Waals surface area contributed by atoms with Gasteiger partial charge < -0.3 is 10.4 Å². The van der Waals surface area contributed by atoms with Crippen LogP contribution >= 0.6 is 0 Å². The number of hydrogen-bond donors (Lipinski definition) is 2. The number of nitrogens with one attached hydrogen (secondary N) is 1. The van der Waals surface area contributed by atoms with Crippen molar-refractivity contribution in [1.82, 2.24) is 9.78 Å². The number of aliphatic hydroxyl groups excluding tert-OH is 1. The molecule has 0 fully saturated rings. The van der Waals surface area contributed by atoms with Crippen LogP contribution in [0.15, 0.2) is 48.7 Å². The monoisotopic (exact) mass is 280 g/mol. The van der Waals surface area contributed by atoms with Crippen LogP contribution in [0, 0.1) is 17.2 Å². The molecule has 3 rings (SSSR count). The molecule has 1 aromatic carbocycles. The quantitative estimate of drug-likeness (QED) is 0.841. The van der Waals surface area contributed by atoms with Crippen molar-refractivity contribution < 1.29 is 5.11 Å². The van der Waals surface area contributed by atoms with Gasteiger partial charge in [0.05, 0.1) is 11.9 Å². The Hall–Kier alpha value is -2.58. The number of nitriles is 1. The first-order valence-electron chi connectivity index (χ1n) is 6.91. The second-order valence-corrected chi connectivity index (χ2v) is 5.08. The fraction of sp³-hybridized carbons (Fsp3) is 0.250. The van der Waals surface area contributed by atoms with E-state index in [1.807, 2.05) is 42.5 Å². The van der Waals surface area contributed by atoms with Gasteiger partial charge in [0, 0.05) is 18.6 Å². The highest BCUT2D eigenvalue weighted by Gasteiger charge is 2.21. The molecule has 0 spiro atoms. The van der Waals surface area contributed by atoms with E-state index in [0.29, 0.717) is 11.4 Å². The molecule has 1 aromatic heterocycles. The molecule has 5 heteroatoms. The molecule has 1 aliphatic carbocycles. The molecule has 106 valence electrons. The number of benzene rings is 1. The van der Waals surface area contributed by atoms with Crippen LogP contribution in [-0.2, 0) is 0 Å². The minimum Gasteiger partial charge on any atom is -0.396 e. The molecule has 2 N–H and O–H groups in total. The maximum atomic E-state index is 9.25. The topological polar surface area (TPSA) is 73.9 Å². The van der Waals surface area contributed by atoms with Crippen LogP contribution in [0.25, 0.3) is 5.69 Å². The van der Waals surface area contributed by atoms with E-state index >= 15 is 0 Å². The third-order valence-corrected chi connectivity index (χ3v) is 3.62. The zero-order chi connectivity index (χ0) is 14.7. The lowest BCUT2D eigenvalue weighted by atomic mass is 10.1. The number of para-hydroxylation sites is 1. The van der Waals surface area contributed by atoms with Crippen molar-refractivity contribution in [2.24, 2.45) is 5.92 Å². The summed E-state index contributed by atoms with van der Waals surface area (Å²) < 4.78 is 1.73. The zero-order valence-corrected chi connectivity index (χ0v) is 11.5. The molecular weight excluding hydrogens is 264 g/mol. The second-order valence-electron chi connectivity index (χ2n) is 5.08. The van der Waals surface area contributed by atoms with E-state index in [9.17, 15) is 10.4 Å². The fourth-order valence-corrected chi connectivity index (χ4v) is 2.53. The van der Waals surface area contributed by atoms with Crippen molar-refractivity contribution in [3.63, 3.8) is 0 Å². The molecule has 0 aliphatic heterocycles. The van der Waals surface area contributed by atoms with E-state index in [1.165, 1.54) is 0 Å². The molecule has 2 aromatic rings. The van der Waals surface area contributed by atoms with Crippen LogP contribution in [0.5, 0.6) is 0 Å². The van der Waals surface area contributed by atoms with Gasteiger partial charge in [0.15, 0.2) is 0 Å². The SMILES string of the molecule is N#Cc1cnn(-c2ccccc2)c1N[C@@H]1C=C[C@H](CO)C1. The van der Waals surface area contributed by atoms with Gasteiger partial charge in [-0.2, -0.15) is 10.4 Å². The number of aromatic nitrogens is 2. The molecular formula is C16H16N4O. The molecule has 0 saturated carbocycles. The minimum atomic E-state index is 0.105. The lowest BCUT2D eigenvalue weighted by Gasteiger charge is -2.16. The van der Waals surface area contributed by atoms with E-state index in [-0.39, 0.29) is 18.6 Å². The maximum absolute atomic E-state index is 9.25. The fourth-order valence-electron chi connectivity index (χ4n) is 2.53. The van der Waals surface area contributed by atoms with Crippen LogP contribution in [0.1, 0.15) is 12.0 Å².